The van der Waals surface area contributed by atoms with E-state index in [-0.39, 0.29) is 18.4 Å². The summed E-state index contributed by atoms with van der Waals surface area (Å²) in [6.07, 6.45) is 0.189. The van der Waals surface area contributed by atoms with E-state index in [4.69, 9.17) is 5.11 Å². The van der Waals surface area contributed by atoms with E-state index >= 15 is 0 Å². The van der Waals surface area contributed by atoms with Crippen molar-refractivity contribution in [1.29, 1.82) is 0 Å². The number of carbonyl (C=O) groups is 1. The molecule has 0 radical (unpaired) electrons. The van der Waals surface area contributed by atoms with Gasteiger partial charge in [-0.1, -0.05) is 6.07 Å². The summed E-state index contributed by atoms with van der Waals surface area (Å²) in [4.78, 5) is 29.0. The van der Waals surface area contributed by atoms with E-state index in [2.05, 4.69) is 9.97 Å². The number of rotatable bonds is 3. The number of carboxylic acids is 1. The highest BCUT2D eigenvalue weighted by Crippen LogP contribution is 2.10. The minimum atomic E-state index is -0.906. The van der Waals surface area contributed by atoms with Crippen molar-refractivity contribution in [2.45, 2.75) is 19.8 Å². The molecular weight excluding hydrogens is 220 g/mol. The van der Waals surface area contributed by atoms with E-state index in [1.807, 2.05) is 19.1 Å². The molecule has 0 amide bonds. The van der Waals surface area contributed by atoms with Crippen molar-refractivity contribution in [2.24, 2.45) is 0 Å². The molecule has 1 aromatic carbocycles. The molecule has 0 aliphatic heterocycles. The first-order valence-corrected chi connectivity index (χ1v) is 5.27. The number of hydrogen-bond donors (Lipinski definition) is 2. The first kappa shape index (κ1) is 11.3. The lowest BCUT2D eigenvalue weighted by molar-refractivity contribution is -0.137. The van der Waals surface area contributed by atoms with Gasteiger partial charge in [-0.05, 0) is 24.6 Å². The lowest BCUT2D eigenvalue weighted by Gasteiger charge is -2.02. The standard InChI is InChI=1S/C12H12N2O3/c1-7-2-3-8-9(6-7)13-10(14-12(8)17)4-5-11(15)16/h2-3,6H,4-5H2,1H3,(H,15,16)(H,13,14,17). The summed E-state index contributed by atoms with van der Waals surface area (Å²) >= 11 is 0. The average molecular weight is 232 g/mol. The van der Waals surface area contributed by atoms with E-state index in [0.717, 1.165) is 5.56 Å². The van der Waals surface area contributed by atoms with Crippen LogP contribution in [0.15, 0.2) is 23.0 Å². The topological polar surface area (TPSA) is 83.0 Å². The normalized spacial score (nSPS) is 10.6. The molecule has 0 aliphatic carbocycles. The maximum Gasteiger partial charge on any atom is 0.303 e. The zero-order valence-electron chi connectivity index (χ0n) is 9.36. The van der Waals surface area contributed by atoms with Crippen LogP contribution in [0.25, 0.3) is 10.9 Å². The van der Waals surface area contributed by atoms with Gasteiger partial charge in [0, 0.05) is 6.42 Å². The van der Waals surface area contributed by atoms with Crippen molar-refractivity contribution < 1.29 is 9.90 Å². The zero-order valence-corrected chi connectivity index (χ0v) is 9.36. The molecule has 2 aromatic rings. The second kappa shape index (κ2) is 4.37. The highest BCUT2D eigenvalue weighted by Gasteiger charge is 2.05. The van der Waals surface area contributed by atoms with Gasteiger partial charge in [-0.25, -0.2) is 4.98 Å². The van der Waals surface area contributed by atoms with Crippen LogP contribution in [0.3, 0.4) is 0 Å². The van der Waals surface area contributed by atoms with Gasteiger partial charge in [-0.2, -0.15) is 0 Å². The monoisotopic (exact) mass is 232 g/mol. The van der Waals surface area contributed by atoms with Crippen LogP contribution in [-0.2, 0) is 11.2 Å². The number of benzene rings is 1. The van der Waals surface area contributed by atoms with E-state index in [9.17, 15) is 9.59 Å². The Bertz CT molecular complexity index is 631. The van der Waals surface area contributed by atoms with E-state index in [1.54, 1.807) is 6.07 Å². The van der Waals surface area contributed by atoms with Gasteiger partial charge in [-0.3, -0.25) is 9.59 Å². The van der Waals surface area contributed by atoms with Crippen LogP contribution in [0.2, 0.25) is 0 Å². The van der Waals surface area contributed by atoms with Gasteiger partial charge in [0.1, 0.15) is 5.82 Å². The number of aromatic amines is 1. The summed E-state index contributed by atoms with van der Waals surface area (Å²) in [6, 6.07) is 5.38. The van der Waals surface area contributed by atoms with Crippen molar-refractivity contribution in [2.75, 3.05) is 0 Å². The van der Waals surface area contributed by atoms with Gasteiger partial charge in [0.05, 0.1) is 17.3 Å². The Morgan fingerprint density at radius 1 is 1.47 bits per heavy atom. The first-order valence-electron chi connectivity index (χ1n) is 5.27. The van der Waals surface area contributed by atoms with Crippen molar-refractivity contribution in [3.63, 3.8) is 0 Å². The molecule has 0 fully saturated rings. The Morgan fingerprint density at radius 3 is 2.94 bits per heavy atom. The summed E-state index contributed by atoms with van der Waals surface area (Å²) in [7, 11) is 0. The van der Waals surface area contributed by atoms with Gasteiger partial charge in [-0.15, -0.1) is 0 Å². The number of aliphatic carboxylic acids is 1. The summed E-state index contributed by atoms with van der Waals surface area (Å²) in [5, 5.41) is 9.10. The number of H-pyrrole nitrogens is 1. The molecule has 1 aromatic heterocycles. The van der Waals surface area contributed by atoms with Crippen molar-refractivity contribution >= 4 is 16.9 Å². The number of aryl methyl sites for hydroxylation is 2. The maximum absolute atomic E-state index is 11.7. The van der Waals surface area contributed by atoms with Crippen LogP contribution in [0.4, 0.5) is 0 Å². The third kappa shape index (κ3) is 2.50. The van der Waals surface area contributed by atoms with Gasteiger partial charge in [0.2, 0.25) is 0 Å². The maximum atomic E-state index is 11.7. The van der Waals surface area contributed by atoms with Crippen molar-refractivity contribution in [3.05, 3.63) is 39.9 Å². The third-order valence-electron chi connectivity index (χ3n) is 2.49. The largest absolute Gasteiger partial charge is 0.481 e. The SMILES string of the molecule is Cc1ccc2c(=O)[nH]c(CCC(=O)O)nc2c1. The Morgan fingerprint density at radius 2 is 2.24 bits per heavy atom. The molecule has 2 rings (SSSR count). The number of nitrogens with one attached hydrogen (secondary N) is 1. The molecule has 0 spiro atoms. The highest BCUT2D eigenvalue weighted by atomic mass is 16.4. The molecule has 0 atom stereocenters. The van der Waals surface area contributed by atoms with Gasteiger partial charge >= 0.3 is 5.97 Å². The smallest absolute Gasteiger partial charge is 0.303 e. The Kier molecular flexibility index (Phi) is 2.91. The fraction of sp³-hybridized carbons (Fsp3) is 0.250. The molecule has 5 nitrogen and oxygen atoms in total. The van der Waals surface area contributed by atoms with E-state index in [0.29, 0.717) is 16.7 Å². The molecule has 5 heteroatoms. The molecule has 88 valence electrons. The fourth-order valence-corrected chi connectivity index (χ4v) is 1.64. The second-order valence-electron chi connectivity index (χ2n) is 3.93. The van der Waals surface area contributed by atoms with Crippen LogP contribution in [-0.4, -0.2) is 21.0 Å². The molecule has 1 heterocycles. The van der Waals surface area contributed by atoms with Gasteiger partial charge < -0.3 is 10.1 Å². The lowest BCUT2D eigenvalue weighted by Crippen LogP contribution is -2.13. The molecule has 2 N–H and O–H groups in total. The predicted molar refractivity (Wildman–Crippen MR) is 63.1 cm³/mol. The minimum absolute atomic E-state index is 0.0414. The first-order chi connectivity index (χ1) is 8.06. The minimum Gasteiger partial charge on any atom is -0.481 e. The summed E-state index contributed by atoms with van der Waals surface area (Å²) < 4.78 is 0. The van der Waals surface area contributed by atoms with Gasteiger partial charge in [0.15, 0.2) is 0 Å². The Labute approximate surface area is 97.1 Å². The molecule has 17 heavy (non-hydrogen) atoms. The van der Waals surface area contributed by atoms with Crippen LogP contribution in [0.5, 0.6) is 0 Å². The summed E-state index contributed by atoms with van der Waals surface area (Å²) in [5.41, 5.74) is 1.39. The third-order valence-corrected chi connectivity index (χ3v) is 2.49. The molecular formula is C12H12N2O3. The number of aromatic nitrogens is 2. The molecule has 0 bridgehead atoms. The van der Waals surface area contributed by atoms with Crippen LogP contribution in [0, 0.1) is 6.92 Å². The molecule has 0 unspecified atom stereocenters. The molecule has 0 saturated heterocycles. The Hall–Kier alpha value is -2.17. The van der Waals surface area contributed by atoms with Gasteiger partial charge in [0.25, 0.3) is 5.56 Å². The summed E-state index contributed by atoms with van der Waals surface area (Å²) in [6.45, 7) is 1.92. The lowest BCUT2D eigenvalue weighted by atomic mass is 10.1. The number of carboxylic acid groups (broad SMARTS) is 1. The van der Waals surface area contributed by atoms with Crippen LogP contribution < -0.4 is 5.56 Å². The van der Waals surface area contributed by atoms with E-state index < -0.39 is 5.97 Å². The average Bonchev–Trinajstić information content (AvgIpc) is 2.25. The number of hydrogen-bond acceptors (Lipinski definition) is 3. The number of nitrogens with zero attached hydrogens (tertiary/aromatic N) is 1. The summed E-state index contributed by atoms with van der Waals surface area (Å²) in [5.74, 6) is -0.493. The predicted octanol–water partition coefficient (Wildman–Crippen LogP) is 1.25. The highest BCUT2D eigenvalue weighted by molar-refractivity contribution is 5.78. The van der Waals surface area contributed by atoms with Crippen molar-refractivity contribution in [1.82, 2.24) is 9.97 Å². The molecule has 0 aliphatic rings. The zero-order chi connectivity index (χ0) is 12.4. The second-order valence-corrected chi connectivity index (χ2v) is 3.93. The Balaban J connectivity index is 2.46. The number of fused-ring (bicyclic) bond motifs is 1. The fourth-order valence-electron chi connectivity index (χ4n) is 1.64. The van der Waals surface area contributed by atoms with E-state index in [1.165, 1.54) is 0 Å². The quantitative estimate of drug-likeness (QED) is 0.834. The molecule has 0 saturated carbocycles. The van der Waals surface area contributed by atoms with Crippen LogP contribution >= 0.6 is 0 Å². The van der Waals surface area contributed by atoms with Crippen LogP contribution in [0.1, 0.15) is 17.8 Å². The van der Waals surface area contributed by atoms with Crippen molar-refractivity contribution in [3.8, 4) is 0 Å².